The largest absolute Gasteiger partial charge is 0.361 e. The summed E-state index contributed by atoms with van der Waals surface area (Å²) >= 11 is 1.70. The van der Waals surface area contributed by atoms with Gasteiger partial charge in [-0.25, -0.2) is 4.98 Å². The van der Waals surface area contributed by atoms with Crippen molar-refractivity contribution in [3.8, 4) is 6.07 Å². The Balaban J connectivity index is 1.40. The lowest BCUT2D eigenvalue weighted by atomic mass is 10.0. The number of hydrogen-bond donors (Lipinski definition) is 2. The number of aryl methyl sites for hydroxylation is 2. The Hall–Kier alpha value is -3.51. The highest BCUT2D eigenvalue weighted by molar-refractivity contribution is 7.09. The number of H-pyrrole nitrogens is 1. The fraction of sp³-hybridized carbons (Fsp3) is 0.296. The second-order valence-corrected chi connectivity index (χ2v) is 9.98. The van der Waals surface area contributed by atoms with Gasteiger partial charge < -0.3 is 15.2 Å². The second-order valence-electron chi connectivity index (χ2n) is 9.04. The minimum Gasteiger partial charge on any atom is -0.361 e. The van der Waals surface area contributed by atoms with E-state index in [9.17, 15) is 5.26 Å². The molecule has 2 N–H and O–H groups in total. The molecule has 0 spiro atoms. The number of piperazine rings is 1. The maximum Gasteiger partial charge on any atom is 0.107 e. The van der Waals surface area contributed by atoms with E-state index < -0.39 is 0 Å². The van der Waals surface area contributed by atoms with Gasteiger partial charge in [0.15, 0.2) is 0 Å². The number of anilines is 2. The molecule has 4 aromatic rings. The quantitative estimate of drug-likeness (QED) is 0.394. The van der Waals surface area contributed by atoms with Gasteiger partial charge >= 0.3 is 0 Å². The molecule has 1 aromatic carbocycles. The number of aromatic nitrogens is 3. The number of fused-ring (bicyclic) bond motifs is 1. The summed E-state index contributed by atoms with van der Waals surface area (Å²) in [6.45, 7) is 9.31. The molecule has 7 nitrogen and oxygen atoms in total. The normalized spacial score (nSPS) is 15.1. The van der Waals surface area contributed by atoms with E-state index in [1.165, 1.54) is 0 Å². The highest BCUT2D eigenvalue weighted by Crippen LogP contribution is 2.32. The molecule has 35 heavy (non-hydrogen) atoms. The lowest BCUT2D eigenvalue weighted by molar-refractivity contribution is 0.148. The van der Waals surface area contributed by atoms with Crippen molar-refractivity contribution in [1.29, 1.82) is 5.26 Å². The minimum absolute atomic E-state index is 0.512. The maximum absolute atomic E-state index is 9.80. The third-order valence-electron chi connectivity index (χ3n) is 6.64. The first-order valence-corrected chi connectivity index (χ1v) is 12.7. The average Bonchev–Trinajstić information content (AvgIpc) is 3.52. The number of thiazole rings is 1. The van der Waals surface area contributed by atoms with Crippen molar-refractivity contribution in [3.05, 3.63) is 69.1 Å². The Morgan fingerprint density at radius 3 is 2.80 bits per heavy atom. The molecule has 0 saturated carbocycles. The zero-order valence-corrected chi connectivity index (χ0v) is 21.1. The monoisotopic (exact) mass is 483 g/mol. The predicted octanol–water partition coefficient (Wildman–Crippen LogP) is 5.17. The van der Waals surface area contributed by atoms with Gasteiger partial charge in [0.2, 0.25) is 0 Å². The first-order chi connectivity index (χ1) is 17.0. The minimum atomic E-state index is 0.512. The number of benzene rings is 1. The topological polar surface area (TPSA) is 83.9 Å². The molecule has 0 radical (unpaired) electrons. The summed E-state index contributed by atoms with van der Waals surface area (Å²) in [5.74, 6) is 0. The molecule has 178 valence electrons. The van der Waals surface area contributed by atoms with E-state index in [4.69, 9.17) is 4.98 Å². The summed E-state index contributed by atoms with van der Waals surface area (Å²) in [4.78, 5) is 17.4. The Kier molecular flexibility index (Phi) is 6.64. The SMILES string of the molecule is Cc1ncc(C#N)c(Nc2ccc3[nH]ccc3c2C)c1/C=C/c1csc(CN2CCN(C)CC2)n1. The fourth-order valence-corrected chi connectivity index (χ4v) is 5.24. The van der Waals surface area contributed by atoms with Gasteiger partial charge in [0.05, 0.1) is 23.5 Å². The third-order valence-corrected chi connectivity index (χ3v) is 7.50. The number of aromatic amines is 1. The Morgan fingerprint density at radius 1 is 1.17 bits per heavy atom. The van der Waals surface area contributed by atoms with Crippen LogP contribution in [0.15, 0.2) is 36.0 Å². The number of pyridine rings is 1. The summed E-state index contributed by atoms with van der Waals surface area (Å²) in [5, 5.41) is 17.7. The van der Waals surface area contributed by atoms with Crippen molar-refractivity contribution in [2.45, 2.75) is 20.4 Å². The zero-order valence-electron chi connectivity index (χ0n) is 20.3. The van der Waals surface area contributed by atoms with Gasteiger partial charge in [-0.05, 0) is 56.8 Å². The van der Waals surface area contributed by atoms with Crippen LogP contribution < -0.4 is 5.32 Å². The van der Waals surface area contributed by atoms with Gasteiger partial charge in [-0.3, -0.25) is 9.88 Å². The van der Waals surface area contributed by atoms with Crippen LogP contribution in [0.1, 0.15) is 33.1 Å². The summed E-state index contributed by atoms with van der Waals surface area (Å²) in [6, 6.07) is 8.47. The molecule has 5 rings (SSSR count). The molecule has 1 aliphatic rings. The molecular weight excluding hydrogens is 454 g/mol. The van der Waals surface area contributed by atoms with Gasteiger partial charge in [-0.2, -0.15) is 5.26 Å². The smallest absolute Gasteiger partial charge is 0.107 e. The van der Waals surface area contributed by atoms with E-state index in [-0.39, 0.29) is 0 Å². The molecule has 1 aliphatic heterocycles. The molecule has 4 heterocycles. The number of hydrogen-bond acceptors (Lipinski definition) is 7. The zero-order chi connectivity index (χ0) is 24.4. The molecule has 8 heteroatoms. The Labute approximate surface area is 209 Å². The number of likely N-dealkylation sites (N-methyl/N-ethyl adjacent to an activating group) is 1. The molecular formula is C27H29N7S. The summed E-state index contributed by atoms with van der Waals surface area (Å²) < 4.78 is 0. The van der Waals surface area contributed by atoms with Crippen LogP contribution in [0.4, 0.5) is 11.4 Å². The maximum atomic E-state index is 9.80. The van der Waals surface area contributed by atoms with Crippen LogP contribution in [0, 0.1) is 25.2 Å². The molecule has 0 amide bonds. The first-order valence-electron chi connectivity index (χ1n) is 11.8. The van der Waals surface area contributed by atoms with Crippen molar-refractivity contribution < 1.29 is 0 Å². The van der Waals surface area contributed by atoms with Gasteiger partial charge in [-0.15, -0.1) is 11.3 Å². The lowest BCUT2D eigenvalue weighted by Gasteiger charge is -2.31. The Morgan fingerprint density at radius 2 is 2.00 bits per heavy atom. The lowest BCUT2D eigenvalue weighted by Crippen LogP contribution is -2.43. The van der Waals surface area contributed by atoms with Crippen molar-refractivity contribution >= 4 is 45.8 Å². The summed E-state index contributed by atoms with van der Waals surface area (Å²) in [5.41, 5.74) is 7.15. The fourth-order valence-electron chi connectivity index (χ4n) is 4.44. The van der Waals surface area contributed by atoms with E-state index in [1.807, 2.05) is 31.3 Å². The van der Waals surface area contributed by atoms with Crippen LogP contribution in [0.2, 0.25) is 0 Å². The van der Waals surface area contributed by atoms with Crippen molar-refractivity contribution in [2.75, 3.05) is 38.5 Å². The Bertz CT molecular complexity index is 1420. The van der Waals surface area contributed by atoms with E-state index in [1.54, 1.807) is 17.5 Å². The molecule has 0 unspecified atom stereocenters. The molecule has 3 aromatic heterocycles. The number of nitriles is 1. The van der Waals surface area contributed by atoms with E-state index in [0.717, 1.165) is 82.5 Å². The van der Waals surface area contributed by atoms with E-state index in [2.05, 4.69) is 62.6 Å². The number of rotatable bonds is 6. The number of nitrogens with zero attached hydrogens (tertiary/aromatic N) is 5. The van der Waals surface area contributed by atoms with Crippen LogP contribution in [-0.4, -0.2) is 58.0 Å². The third kappa shape index (κ3) is 4.98. The summed E-state index contributed by atoms with van der Waals surface area (Å²) in [6.07, 6.45) is 7.61. The van der Waals surface area contributed by atoms with E-state index >= 15 is 0 Å². The second kappa shape index (κ2) is 10.0. The number of nitrogens with one attached hydrogen (secondary N) is 2. The molecule has 0 bridgehead atoms. The van der Waals surface area contributed by atoms with Gasteiger partial charge in [0, 0.05) is 71.8 Å². The van der Waals surface area contributed by atoms with E-state index in [0.29, 0.717) is 5.56 Å². The van der Waals surface area contributed by atoms with Crippen LogP contribution in [0.25, 0.3) is 23.1 Å². The average molecular weight is 484 g/mol. The molecule has 1 fully saturated rings. The van der Waals surface area contributed by atoms with Gasteiger partial charge in [0.25, 0.3) is 0 Å². The standard InChI is InChI=1S/C27H29N7S/c1-18-22-8-9-29-25(22)7-6-24(18)32-27-20(14-28)15-30-19(2)23(27)5-4-21-17-35-26(31-21)16-34-12-10-33(3)11-13-34/h4-9,15,17,29H,10-13,16H2,1-3H3,(H,30,32)/b5-4+. The van der Waals surface area contributed by atoms with Crippen LogP contribution in [0.3, 0.4) is 0 Å². The van der Waals surface area contributed by atoms with Crippen LogP contribution >= 0.6 is 11.3 Å². The van der Waals surface area contributed by atoms with Crippen molar-refractivity contribution in [3.63, 3.8) is 0 Å². The highest BCUT2D eigenvalue weighted by atomic mass is 32.1. The predicted molar refractivity (Wildman–Crippen MR) is 144 cm³/mol. The molecule has 0 aliphatic carbocycles. The summed E-state index contributed by atoms with van der Waals surface area (Å²) in [7, 11) is 2.17. The molecule has 1 saturated heterocycles. The van der Waals surface area contributed by atoms with Crippen molar-refractivity contribution in [1.82, 2.24) is 24.8 Å². The van der Waals surface area contributed by atoms with Crippen molar-refractivity contribution in [2.24, 2.45) is 0 Å². The van der Waals surface area contributed by atoms with Crippen LogP contribution in [-0.2, 0) is 6.54 Å². The van der Waals surface area contributed by atoms with Gasteiger partial charge in [-0.1, -0.05) is 0 Å². The van der Waals surface area contributed by atoms with Crippen LogP contribution in [0.5, 0.6) is 0 Å². The molecule has 0 atom stereocenters. The van der Waals surface area contributed by atoms with Gasteiger partial charge in [0.1, 0.15) is 11.1 Å². The first kappa shape index (κ1) is 23.2. The highest BCUT2D eigenvalue weighted by Gasteiger charge is 2.16.